The van der Waals surface area contributed by atoms with Gasteiger partial charge >= 0.3 is 0 Å². The molecule has 1 aliphatic rings. The van der Waals surface area contributed by atoms with Crippen molar-refractivity contribution in [2.45, 2.75) is 90.1 Å². The molecule has 1 saturated heterocycles. The molecule has 0 radical (unpaired) electrons. The van der Waals surface area contributed by atoms with Crippen molar-refractivity contribution in [3.63, 3.8) is 0 Å². The third-order valence-electron chi connectivity index (χ3n) is 6.53. The number of carbonyl (C=O) groups excluding carboxylic acids is 1. The van der Waals surface area contributed by atoms with Crippen LogP contribution in [0.4, 0.5) is 0 Å². The van der Waals surface area contributed by atoms with Crippen LogP contribution in [-0.2, 0) is 15.6 Å². The molecule has 1 amide bonds. The van der Waals surface area contributed by atoms with Crippen molar-refractivity contribution in [2.75, 3.05) is 6.54 Å². The number of hydrogen-bond acceptors (Lipinski definition) is 2. The Balaban J connectivity index is 1.92. The van der Waals surface area contributed by atoms with E-state index in [1.165, 1.54) is 22.3 Å². The highest BCUT2D eigenvalue weighted by atomic mass is 16.1. The van der Waals surface area contributed by atoms with E-state index in [-0.39, 0.29) is 28.7 Å². The van der Waals surface area contributed by atoms with Crippen molar-refractivity contribution in [1.29, 1.82) is 0 Å². The molecule has 2 aromatic carbocycles. The standard InChI is InChI=1S/C28H40N2O/c1-8-25(31)30-23-17-24(29-18-23)26(19-9-13-21(14-10-19)27(2,3)4)20-11-15-22(16-12-20)28(5,6)7/h9-16,23-24,26,29H,8,17-18H2,1-7H3,(H,30,31). The predicted octanol–water partition coefficient (Wildman–Crippen LogP) is 5.67. The second-order valence-corrected chi connectivity index (χ2v) is 11.1. The third kappa shape index (κ3) is 5.77. The summed E-state index contributed by atoms with van der Waals surface area (Å²) in [4.78, 5) is 11.9. The van der Waals surface area contributed by atoms with E-state index in [2.05, 4.69) is 101 Å². The highest BCUT2D eigenvalue weighted by Crippen LogP contribution is 2.35. The summed E-state index contributed by atoms with van der Waals surface area (Å²) in [6, 6.07) is 18.8. The smallest absolute Gasteiger partial charge is 0.219 e. The van der Waals surface area contributed by atoms with Crippen molar-refractivity contribution in [1.82, 2.24) is 10.6 Å². The number of hydrogen-bond donors (Lipinski definition) is 2. The lowest BCUT2D eigenvalue weighted by molar-refractivity contribution is -0.121. The van der Waals surface area contributed by atoms with E-state index < -0.39 is 0 Å². The van der Waals surface area contributed by atoms with Crippen LogP contribution in [0.15, 0.2) is 48.5 Å². The van der Waals surface area contributed by atoms with Gasteiger partial charge in [-0.05, 0) is 39.5 Å². The third-order valence-corrected chi connectivity index (χ3v) is 6.53. The molecule has 1 fully saturated rings. The van der Waals surface area contributed by atoms with Gasteiger partial charge in [0.2, 0.25) is 5.91 Å². The summed E-state index contributed by atoms with van der Waals surface area (Å²) in [6.45, 7) is 16.3. The fourth-order valence-corrected chi connectivity index (χ4v) is 4.50. The van der Waals surface area contributed by atoms with E-state index in [4.69, 9.17) is 0 Å². The molecule has 0 aromatic heterocycles. The zero-order chi connectivity index (χ0) is 22.8. The Labute approximate surface area is 189 Å². The molecule has 31 heavy (non-hydrogen) atoms. The summed E-state index contributed by atoms with van der Waals surface area (Å²) >= 11 is 0. The van der Waals surface area contributed by atoms with E-state index >= 15 is 0 Å². The van der Waals surface area contributed by atoms with Gasteiger partial charge in [-0.25, -0.2) is 0 Å². The molecule has 3 heteroatoms. The largest absolute Gasteiger partial charge is 0.352 e. The number of rotatable bonds is 5. The van der Waals surface area contributed by atoms with Crippen LogP contribution in [0.2, 0.25) is 0 Å². The SMILES string of the molecule is CCC(=O)NC1CNC(C(c2ccc(C(C)(C)C)cc2)c2ccc(C(C)(C)C)cc2)C1. The Morgan fingerprint density at radius 3 is 1.74 bits per heavy atom. The minimum atomic E-state index is 0.132. The average molecular weight is 421 g/mol. The van der Waals surface area contributed by atoms with Crippen LogP contribution in [0.1, 0.15) is 89.5 Å². The Bertz CT molecular complexity index is 812. The maximum atomic E-state index is 11.9. The number of carbonyl (C=O) groups is 1. The molecule has 0 saturated carbocycles. The first-order valence-corrected chi connectivity index (χ1v) is 11.7. The highest BCUT2D eigenvalue weighted by molar-refractivity contribution is 5.75. The molecule has 0 bridgehead atoms. The minimum Gasteiger partial charge on any atom is -0.352 e. The van der Waals surface area contributed by atoms with Gasteiger partial charge < -0.3 is 10.6 Å². The first-order chi connectivity index (χ1) is 14.5. The molecule has 2 unspecified atom stereocenters. The van der Waals surface area contributed by atoms with Gasteiger partial charge in [-0.3, -0.25) is 4.79 Å². The quantitative estimate of drug-likeness (QED) is 0.654. The van der Waals surface area contributed by atoms with E-state index in [9.17, 15) is 4.79 Å². The van der Waals surface area contributed by atoms with Gasteiger partial charge in [0.05, 0.1) is 0 Å². The Morgan fingerprint density at radius 1 is 0.903 bits per heavy atom. The van der Waals surface area contributed by atoms with Crippen molar-refractivity contribution in [2.24, 2.45) is 0 Å². The van der Waals surface area contributed by atoms with Gasteiger partial charge in [-0.2, -0.15) is 0 Å². The van der Waals surface area contributed by atoms with Crippen LogP contribution < -0.4 is 10.6 Å². The normalized spacial score (nSPS) is 19.6. The molecule has 2 aromatic rings. The maximum Gasteiger partial charge on any atom is 0.219 e. The molecule has 0 spiro atoms. The number of amides is 1. The Morgan fingerprint density at radius 2 is 1.35 bits per heavy atom. The van der Waals surface area contributed by atoms with Crippen LogP contribution >= 0.6 is 0 Å². The summed E-state index contributed by atoms with van der Waals surface area (Å²) in [6.07, 6.45) is 1.48. The zero-order valence-electron chi connectivity index (χ0n) is 20.4. The summed E-state index contributed by atoms with van der Waals surface area (Å²) in [5, 5.41) is 6.88. The van der Waals surface area contributed by atoms with Gasteiger partial charge in [0.25, 0.3) is 0 Å². The lowest BCUT2D eigenvalue weighted by atomic mass is 9.80. The van der Waals surface area contributed by atoms with Crippen molar-refractivity contribution in [3.8, 4) is 0 Å². The van der Waals surface area contributed by atoms with E-state index in [0.29, 0.717) is 12.5 Å². The van der Waals surface area contributed by atoms with Gasteiger partial charge in [-0.1, -0.05) is 97.0 Å². The predicted molar refractivity (Wildman–Crippen MR) is 131 cm³/mol. The molecule has 2 atom stereocenters. The molecule has 1 aliphatic heterocycles. The van der Waals surface area contributed by atoms with E-state index in [1.54, 1.807) is 0 Å². The fraction of sp³-hybridized carbons (Fsp3) is 0.536. The van der Waals surface area contributed by atoms with Crippen molar-refractivity contribution >= 4 is 5.91 Å². The molecular formula is C28H40N2O. The summed E-state index contributed by atoms with van der Waals surface area (Å²) in [5.41, 5.74) is 5.65. The van der Waals surface area contributed by atoms with Gasteiger partial charge in [-0.15, -0.1) is 0 Å². The lowest BCUT2D eigenvalue weighted by Crippen LogP contribution is -2.35. The monoisotopic (exact) mass is 420 g/mol. The van der Waals surface area contributed by atoms with Crippen LogP contribution in [0.3, 0.4) is 0 Å². The van der Waals surface area contributed by atoms with Gasteiger partial charge in [0.1, 0.15) is 0 Å². The summed E-state index contributed by atoms with van der Waals surface area (Å²) in [7, 11) is 0. The number of benzene rings is 2. The molecule has 168 valence electrons. The van der Waals surface area contributed by atoms with Crippen LogP contribution in [0.25, 0.3) is 0 Å². The van der Waals surface area contributed by atoms with E-state index in [0.717, 1.165) is 13.0 Å². The molecule has 3 nitrogen and oxygen atoms in total. The van der Waals surface area contributed by atoms with Gasteiger partial charge in [0, 0.05) is 31.0 Å². The highest BCUT2D eigenvalue weighted by Gasteiger charge is 2.33. The minimum absolute atomic E-state index is 0.132. The zero-order valence-corrected chi connectivity index (χ0v) is 20.4. The topological polar surface area (TPSA) is 41.1 Å². The van der Waals surface area contributed by atoms with Crippen molar-refractivity contribution < 1.29 is 4.79 Å². The van der Waals surface area contributed by atoms with Crippen LogP contribution in [0.5, 0.6) is 0 Å². The molecule has 2 N–H and O–H groups in total. The number of nitrogens with one attached hydrogen (secondary N) is 2. The fourth-order valence-electron chi connectivity index (χ4n) is 4.50. The van der Waals surface area contributed by atoms with Crippen LogP contribution in [0, 0.1) is 0 Å². The summed E-state index contributed by atoms with van der Waals surface area (Å²) in [5.74, 6) is 0.389. The average Bonchev–Trinajstić information content (AvgIpc) is 3.15. The lowest BCUT2D eigenvalue weighted by Gasteiger charge is -2.27. The summed E-state index contributed by atoms with van der Waals surface area (Å²) < 4.78 is 0. The first kappa shape index (κ1) is 23.5. The maximum absolute atomic E-state index is 11.9. The molecule has 0 aliphatic carbocycles. The molecule has 1 heterocycles. The first-order valence-electron chi connectivity index (χ1n) is 11.7. The second-order valence-electron chi connectivity index (χ2n) is 11.1. The Hall–Kier alpha value is -2.13. The molecule has 3 rings (SSSR count). The second kappa shape index (κ2) is 9.16. The Kier molecular flexibility index (Phi) is 6.95. The molecular weight excluding hydrogens is 380 g/mol. The van der Waals surface area contributed by atoms with Gasteiger partial charge in [0.15, 0.2) is 0 Å². The van der Waals surface area contributed by atoms with Crippen molar-refractivity contribution in [3.05, 3.63) is 70.8 Å². The van der Waals surface area contributed by atoms with Crippen LogP contribution in [-0.4, -0.2) is 24.5 Å². The van der Waals surface area contributed by atoms with E-state index in [1.807, 2.05) is 6.92 Å².